The summed E-state index contributed by atoms with van der Waals surface area (Å²) >= 11 is 9.38. The summed E-state index contributed by atoms with van der Waals surface area (Å²) < 4.78 is 55.7. The molecule has 37 heavy (non-hydrogen) atoms. The number of hydrogen-bond acceptors (Lipinski definition) is 5. The molecular weight excluding hydrogens is 602 g/mol. The third kappa shape index (κ3) is 7.11. The number of sulfonamides is 2. The monoisotopic (exact) mass is 625 g/mol. The van der Waals surface area contributed by atoms with Gasteiger partial charge in [0.2, 0.25) is 15.9 Å². The van der Waals surface area contributed by atoms with Crippen LogP contribution >= 0.6 is 27.5 Å². The number of hydrogen-bond donors (Lipinski definition) is 2. The summed E-state index contributed by atoms with van der Waals surface area (Å²) in [5, 5.41) is 3.08. The first kappa shape index (κ1) is 27.6. The Morgan fingerprint density at radius 2 is 1.54 bits per heavy atom. The van der Waals surface area contributed by atoms with E-state index in [0.29, 0.717) is 24.1 Å². The highest BCUT2D eigenvalue weighted by molar-refractivity contribution is 9.10. The first-order chi connectivity index (χ1) is 17.5. The molecule has 0 aromatic heterocycles. The van der Waals surface area contributed by atoms with E-state index in [2.05, 4.69) is 26.0 Å². The molecular formula is C25H25BrClN3O5S2. The van der Waals surface area contributed by atoms with Crippen LogP contribution in [0.5, 0.6) is 0 Å². The van der Waals surface area contributed by atoms with Gasteiger partial charge in [0.05, 0.1) is 21.4 Å². The van der Waals surface area contributed by atoms with Crippen LogP contribution in [0.4, 0.5) is 11.4 Å². The first-order valence-electron chi connectivity index (χ1n) is 11.4. The SMILES string of the molecule is O=C(Nc1ccc(S(=O)(=O)Nc2ccccc2Cl)cc1)C1CCN(S(=O)(=O)Cc2ccc(Br)cc2)CC1. The van der Waals surface area contributed by atoms with Crippen LogP contribution < -0.4 is 10.0 Å². The highest BCUT2D eigenvalue weighted by Crippen LogP contribution is 2.26. The number of halogens is 2. The van der Waals surface area contributed by atoms with Gasteiger partial charge in [0.15, 0.2) is 0 Å². The Morgan fingerprint density at radius 1 is 0.919 bits per heavy atom. The topological polar surface area (TPSA) is 113 Å². The molecule has 1 fully saturated rings. The maximum atomic E-state index is 12.8. The number of carbonyl (C=O) groups is 1. The minimum absolute atomic E-state index is 0.0229. The quantitative estimate of drug-likeness (QED) is 0.362. The predicted octanol–water partition coefficient (Wildman–Crippen LogP) is 5.08. The van der Waals surface area contributed by atoms with E-state index in [4.69, 9.17) is 11.6 Å². The molecule has 0 spiro atoms. The molecule has 0 atom stereocenters. The second kappa shape index (κ2) is 11.5. The lowest BCUT2D eigenvalue weighted by atomic mass is 9.97. The van der Waals surface area contributed by atoms with Crippen LogP contribution in [-0.4, -0.2) is 40.1 Å². The van der Waals surface area contributed by atoms with Crippen molar-refractivity contribution < 1.29 is 21.6 Å². The predicted molar refractivity (Wildman–Crippen MR) is 148 cm³/mol. The molecule has 1 aliphatic heterocycles. The zero-order valence-corrected chi connectivity index (χ0v) is 23.6. The van der Waals surface area contributed by atoms with Crippen LogP contribution in [0.1, 0.15) is 18.4 Å². The zero-order valence-electron chi connectivity index (χ0n) is 19.6. The fourth-order valence-corrected chi connectivity index (χ4v) is 7.13. The summed E-state index contributed by atoms with van der Waals surface area (Å²) in [6.07, 6.45) is 0.805. The Kier molecular flexibility index (Phi) is 8.59. The minimum Gasteiger partial charge on any atom is -0.326 e. The molecule has 3 aromatic carbocycles. The molecule has 2 N–H and O–H groups in total. The van der Waals surface area contributed by atoms with Crippen LogP contribution in [0.3, 0.4) is 0 Å². The number of para-hydroxylation sites is 1. The molecule has 1 saturated heterocycles. The van der Waals surface area contributed by atoms with Crippen molar-refractivity contribution in [3.05, 3.63) is 87.9 Å². The average molecular weight is 627 g/mol. The van der Waals surface area contributed by atoms with E-state index < -0.39 is 20.0 Å². The third-order valence-corrected chi connectivity index (χ3v) is 10.1. The molecule has 1 aliphatic rings. The van der Waals surface area contributed by atoms with E-state index in [1.165, 1.54) is 28.6 Å². The number of benzene rings is 3. The van der Waals surface area contributed by atoms with Crippen LogP contribution in [0.15, 0.2) is 82.2 Å². The van der Waals surface area contributed by atoms with Gasteiger partial charge in [-0.25, -0.2) is 21.1 Å². The van der Waals surface area contributed by atoms with E-state index in [-0.39, 0.29) is 46.3 Å². The molecule has 3 aromatic rings. The molecule has 4 rings (SSSR count). The molecule has 0 bridgehead atoms. The molecule has 1 heterocycles. The van der Waals surface area contributed by atoms with Crippen molar-refractivity contribution in [1.82, 2.24) is 4.31 Å². The van der Waals surface area contributed by atoms with E-state index in [9.17, 15) is 21.6 Å². The van der Waals surface area contributed by atoms with Gasteiger partial charge in [0, 0.05) is 29.2 Å². The van der Waals surface area contributed by atoms with Crippen molar-refractivity contribution in [2.24, 2.45) is 5.92 Å². The fraction of sp³-hybridized carbons (Fsp3) is 0.240. The molecule has 0 saturated carbocycles. The lowest BCUT2D eigenvalue weighted by Gasteiger charge is -2.30. The van der Waals surface area contributed by atoms with Gasteiger partial charge in [-0.05, 0) is 66.9 Å². The number of anilines is 2. The lowest BCUT2D eigenvalue weighted by molar-refractivity contribution is -0.120. The van der Waals surface area contributed by atoms with Gasteiger partial charge in [-0.2, -0.15) is 0 Å². The number of nitrogens with zero attached hydrogens (tertiary/aromatic N) is 1. The number of rotatable bonds is 8. The summed E-state index contributed by atoms with van der Waals surface area (Å²) in [7, 11) is -7.34. The van der Waals surface area contributed by atoms with Crippen molar-refractivity contribution >= 4 is 64.9 Å². The Balaban J connectivity index is 1.31. The van der Waals surface area contributed by atoms with Gasteiger partial charge in [0.25, 0.3) is 10.0 Å². The van der Waals surface area contributed by atoms with Crippen molar-refractivity contribution in [2.75, 3.05) is 23.1 Å². The second-order valence-electron chi connectivity index (χ2n) is 8.65. The van der Waals surface area contributed by atoms with Crippen molar-refractivity contribution in [2.45, 2.75) is 23.5 Å². The van der Waals surface area contributed by atoms with Gasteiger partial charge < -0.3 is 5.32 Å². The van der Waals surface area contributed by atoms with Crippen LogP contribution in [0.25, 0.3) is 0 Å². The smallest absolute Gasteiger partial charge is 0.261 e. The summed E-state index contributed by atoms with van der Waals surface area (Å²) in [6, 6.07) is 19.5. The normalized spacial score (nSPS) is 15.3. The molecule has 196 valence electrons. The molecule has 0 unspecified atom stereocenters. The Morgan fingerprint density at radius 3 is 2.16 bits per heavy atom. The van der Waals surface area contributed by atoms with Gasteiger partial charge in [-0.15, -0.1) is 0 Å². The number of carbonyl (C=O) groups excluding carboxylic acids is 1. The fourth-order valence-electron chi connectivity index (χ4n) is 3.99. The van der Waals surface area contributed by atoms with Crippen LogP contribution in [0, 0.1) is 5.92 Å². The Hall–Kier alpha value is -2.44. The maximum Gasteiger partial charge on any atom is 0.261 e. The summed E-state index contributed by atoms with van der Waals surface area (Å²) in [4.78, 5) is 12.8. The maximum absolute atomic E-state index is 12.8. The average Bonchev–Trinajstić information content (AvgIpc) is 2.87. The Labute approximate surface area is 230 Å². The number of nitrogens with one attached hydrogen (secondary N) is 2. The summed E-state index contributed by atoms with van der Waals surface area (Å²) in [5.41, 5.74) is 1.43. The molecule has 1 amide bonds. The minimum atomic E-state index is -3.86. The van der Waals surface area contributed by atoms with E-state index >= 15 is 0 Å². The standard InChI is InChI=1S/C25H25BrClN3O5S2/c26-20-7-5-18(6-8-20)17-36(32,33)30-15-13-19(14-16-30)25(31)28-21-9-11-22(12-10-21)37(34,35)29-24-4-2-1-3-23(24)27/h1-12,19,29H,13-17H2,(H,28,31). The third-order valence-electron chi connectivity index (χ3n) is 6.03. The Bertz CT molecular complexity index is 1470. The lowest BCUT2D eigenvalue weighted by Crippen LogP contribution is -2.41. The first-order valence-corrected chi connectivity index (χ1v) is 15.7. The van der Waals surface area contributed by atoms with Gasteiger partial charge in [0.1, 0.15) is 0 Å². The molecule has 0 aliphatic carbocycles. The zero-order chi connectivity index (χ0) is 26.6. The molecule has 12 heteroatoms. The largest absolute Gasteiger partial charge is 0.326 e. The van der Waals surface area contributed by atoms with E-state index in [0.717, 1.165) is 4.47 Å². The second-order valence-corrected chi connectivity index (χ2v) is 13.6. The van der Waals surface area contributed by atoms with E-state index in [1.807, 2.05) is 0 Å². The summed E-state index contributed by atoms with van der Waals surface area (Å²) in [5.74, 6) is -0.656. The molecule has 0 radical (unpaired) electrons. The number of piperidine rings is 1. The number of amides is 1. The van der Waals surface area contributed by atoms with Crippen LogP contribution in [-0.2, 0) is 30.6 Å². The van der Waals surface area contributed by atoms with Crippen molar-refractivity contribution in [3.8, 4) is 0 Å². The van der Waals surface area contributed by atoms with Crippen molar-refractivity contribution in [3.63, 3.8) is 0 Å². The highest BCUT2D eigenvalue weighted by atomic mass is 79.9. The van der Waals surface area contributed by atoms with E-state index in [1.54, 1.807) is 48.5 Å². The summed E-state index contributed by atoms with van der Waals surface area (Å²) in [6.45, 7) is 0.531. The van der Waals surface area contributed by atoms with Gasteiger partial charge >= 0.3 is 0 Å². The van der Waals surface area contributed by atoms with Crippen molar-refractivity contribution in [1.29, 1.82) is 0 Å². The highest BCUT2D eigenvalue weighted by Gasteiger charge is 2.31. The van der Waals surface area contributed by atoms with Crippen LogP contribution in [0.2, 0.25) is 5.02 Å². The van der Waals surface area contributed by atoms with Gasteiger partial charge in [-0.3, -0.25) is 9.52 Å². The van der Waals surface area contributed by atoms with Gasteiger partial charge in [-0.1, -0.05) is 51.8 Å². The molecule has 8 nitrogen and oxygen atoms in total.